The Kier molecular flexibility index (Phi) is 8.17. The largest absolute Gasteiger partial charge is 0.494 e. The number of rotatable bonds is 9. The number of fused-ring (bicyclic) bond motifs is 1. The molecule has 1 amide bonds. The van der Waals surface area contributed by atoms with E-state index in [1.165, 1.54) is 27.8 Å². The van der Waals surface area contributed by atoms with Crippen molar-refractivity contribution in [3.05, 3.63) is 93.8 Å². The molecule has 37 heavy (non-hydrogen) atoms. The summed E-state index contributed by atoms with van der Waals surface area (Å²) in [6, 6.07) is 23.1. The molecule has 1 atom stereocenters. The van der Waals surface area contributed by atoms with E-state index in [9.17, 15) is 4.79 Å². The van der Waals surface area contributed by atoms with Crippen molar-refractivity contribution in [3.63, 3.8) is 0 Å². The lowest BCUT2D eigenvalue weighted by Crippen LogP contribution is -2.44. The number of piperidine rings is 1. The van der Waals surface area contributed by atoms with Gasteiger partial charge in [0.25, 0.3) is 5.91 Å². The Morgan fingerprint density at radius 3 is 2.81 bits per heavy atom. The average molecular weight is 514 g/mol. The molecule has 1 aliphatic heterocycles. The van der Waals surface area contributed by atoms with Crippen molar-refractivity contribution in [2.45, 2.75) is 51.7 Å². The molecule has 0 saturated carbocycles. The van der Waals surface area contributed by atoms with Gasteiger partial charge in [-0.3, -0.25) is 14.7 Å². The monoisotopic (exact) mass is 513 g/mol. The summed E-state index contributed by atoms with van der Waals surface area (Å²) in [6.45, 7) is 5.16. The molecule has 2 aromatic heterocycles. The Morgan fingerprint density at radius 2 is 1.95 bits per heavy atom. The molecule has 0 bridgehead atoms. The number of hydrogen-bond donors (Lipinski definition) is 0. The molecule has 5 rings (SSSR count). The van der Waals surface area contributed by atoms with Crippen molar-refractivity contribution < 1.29 is 9.53 Å². The maximum absolute atomic E-state index is 13.1. The van der Waals surface area contributed by atoms with E-state index < -0.39 is 0 Å². The van der Waals surface area contributed by atoms with Gasteiger partial charge in [0, 0.05) is 48.6 Å². The van der Waals surface area contributed by atoms with Crippen LogP contribution in [0.4, 0.5) is 0 Å². The molecule has 1 aliphatic rings. The number of carbonyl (C=O) groups is 1. The van der Waals surface area contributed by atoms with E-state index in [4.69, 9.17) is 4.74 Å². The number of carbonyl (C=O) groups excluding carboxylic acids is 1. The topological polar surface area (TPSA) is 45.7 Å². The van der Waals surface area contributed by atoms with Gasteiger partial charge >= 0.3 is 0 Å². The lowest BCUT2D eigenvalue weighted by atomic mass is 9.99. The SMILES string of the molecule is Cc1ccc(C(=O)N2CCCC[C@H]2CCOc2cccc(CN(C)Cc3cccc4cccnc34)c2)s1. The molecule has 6 heteroatoms. The maximum Gasteiger partial charge on any atom is 0.264 e. The van der Waals surface area contributed by atoms with Crippen LogP contribution in [-0.2, 0) is 13.1 Å². The summed E-state index contributed by atoms with van der Waals surface area (Å²) < 4.78 is 6.18. The lowest BCUT2D eigenvalue weighted by Gasteiger charge is -2.35. The first-order valence-electron chi connectivity index (χ1n) is 13.2. The molecule has 0 N–H and O–H groups in total. The average Bonchev–Trinajstić information content (AvgIpc) is 3.35. The van der Waals surface area contributed by atoms with Crippen LogP contribution in [0.25, 0.3) is 10.9 Å². The summed E-state index contributed by atoms with van der Waals surface area (Å²) >= 11 is 1.59. The van der Waals surface area contributed by atoms with Gasteiger partial charge in [-0.1, -0.05) is 36.4 Å². The number of pyridine rings is 1. The smallest absolute Gasteiger partial charge is 0.264 e. The number of hydrogen-bond acceptors (Lipinski definition) is 5. The Bertz CT molecular complexity index is 1350. The zero-order valence-corrected chi connectivity index (χ0v) is 22.5. The summed E-state index contributed by atoms with van der Waals surface area (Å²) in [5.74, 6) is 1.06. The fourth-order valence-electron chi connectivity index (χ4n) is 5.26. The number of thiophene rings is 1. The number of para-hydroxylation sites is 1. The number of likely N-dealkylation sites (tertiary alicyclic amines) is 1. The highest BCUT2D eigenvalue weighted by molar-refractivity contribution is 7.13. The highest BCUT2D eigenvalue weighted by atomic mass is 32.1. The van der Waals surface area contributed by atoms with E-state index in [0.29, 0.717) is 6.61 Å². The van der Waals surface area contributed by atoms with Crippen molar-refractivity contribution in [2.75, 3.05) is 20.2 Å². The van der Waals surface area contributed by atoms with Gasteiger partial charge in [0.1, 0.15) is 5.75 Å². The molecule has 1 saturated heterocycles. The van der Waals surface area contributed by atoms with Gasteiger partial charge in [-0.05, 0) is 74.7 Å². The number of benzene rings is 2. The molecule has 4 aromatic rings. The molecular weight excluding hydrogens is 478 g/mol. The zero-order chi connectivity index (χ0) is 25.6. The van der Waals surface area contributed by atoms with Gasteiger partial charge in [-0.25, -0.2) is 0 Å². The van der Waals surface area contributed by atoms with Crippen LogP contribution in [0, 0.1) is 6.92 Å². The van der Waals surface area contributed by atoms with Crippen LogP contribution >= 0.6 is 11.3 Å². The first kappa shape index (κ1) is 25.4. The van der Waals surface area contributed by atoms with Crippen LogP contribution in [0.2, 0.25) is 0 Å². The van der Waals surface area contributed by atoms with E-state index in [0.717, 1.165) is 55.0 Å². The molecule has 0 radical (unpaired) electrons. The lowest BCUT2D eigenvalue weighted by molar-refractivity contribution is 0.0585. The minimum atomic E-state index is 0.175. The number of aryl methyl sites for hydroxylation is 1. The first-order chi connectivity index (χ1) is 18.1. The molecule has 0 aliphatic carbocycles. The van der Waals surface area contributed by atoms with E-state index in [2.05, 4.69) is 71.2 Å². The molecule has 0 unspecified atom stereocenters. The van der Waals surface area contributed by atoms with Crippen molar-refractivity contribution in [2.24, 2.45) is 0 Å². The molecule has 5 nitrogen and oxygen atoms in total. The molecule has 2 aromatic carbocycles. The number of ether oxygens (including phenoxy) is 1. The fraction of sp³-hybridized carbons (Fsp3) is 0.355. The molecule has 1 fully saturated rings. The fourth-order valence-corrected chi connectivity index (χ4v) is 6.08. The van der Waals surface area contributed by atoms with Gasteiger partial charge in [0.05, 0.1) is 17.0 Å². The molecule has 192 valence electrons. The number of amides is 1. The van der Waals surface area contributed by atoms with Crippen LogP contribution in [0.1, 0.15) is 51.4 Å². The highest BCUT2D eigenvalue weighted by Crippen LogP contribution is 2.26. The minimum Gasteiger partial charge on any atom is -0.494 e. The molecule has 3 heterocycles. The predicted octanol–water partition coefficient (Wildman–Crippen LogP) is 6.70. The Morgan fingerprint density at radius 1 is 1.08 bits per heavy atom. The summed E-state index contributed by atoms with van der Waals surface area (Å²) in [5.41, 5.74) is 3.52. The van der Waals surface area contributed by atoms with Crippen molar-refractivity contribution >= 4 is 28.1 Å². The summed E-state index contributed by atoms with van der Waals surface area (Å²) in [7, 11) is 2.14. The summed E-state index contributed by atoms with van der Waals surface area (Å²) in [6.07, 6.45) is 6.02. The van der Waals surface area contributed by atoms with Crippen molar-refractivity contribution in [1.82, 2.24) is 14.8 Å². The van der Waals surface area contributed by atoms with Crippen LogP contribution < -0.4 is 4.74 Å². The summed E-state index contributed by atoms with van der Waals surface area (Å²) in [5, 5.41) is 1.17. The van der Waals surface area contributed by atoms with Gasteiger partial charge in [0.2, 0.25) is 0 Å². The third kappa shape index (κ3) is 6.38. The van der Waals surface area contributed by atoms with Crippen LogP contribution in [0.15, 0.2) is 72.9 Å². The number of aromatic nitrogens is 1. The third-order valence-electron chi connectivity index (χ3n) is 7.07. The van der Waals surface area contributed by atoms with E-state index in [-0.39, 0.29) is 11.9 Å². The Balaban J connectivity index is 1.16. The second kappa shape index (κ2) is 11.9. The van der Waals surface area contributed by atoms with Crippen molar-refractivity contribution in [1.29, 1.82) is 0 Å². The third-order valence-corrected chi connectivity index (χ3v) is 8.06. The second-order valence-electron chi connectivity index (χ2n) is 10.0. The van der Waals surface area contributed by atoms with Crippen LogP contribution in [0.5, 0.6) is 5.75 Å². The normalized spacial score (nSPS) is 15.9. The van der Waals surface area contributed by atoms with Crippen LogP contribution in [0.3, 0.4) is 0 Å². The van der Waals surface area contributed by atoms with Gasteiger partial charge < -0.3 is 9.64 Å². The molecular formula is C31H35N3O2S. The first-order valence-corrected chi connectivity index (χ1v) is 14.0. The van der Waals surface area contributed by atoms with Gasteiger partial charge in [-0.2, -0.15) is 0 Å². The standard InChI is InChI=1S/C31H35N3O2S/c1-23-14-15-29(37-23)31(35)34-18-4-3-12-27(34)16-19-36-28-13-5-8-24(20-28)21-33(2)22-26-10-6-9-25-11-7-17-32-30(25)26/h5-11,13-15,17,20,27H,3-4,12,16,18-19,21-22H2,1-2H3/t27-/m0/s1. The highest BCUT2D eigenvalue weighted by Gasteiger charge is 2.28. The maximum atomic E-state index is 13.1. The van der Waals surface area contributed by atoms with Crippen LogP contribution in [-0.4, -0.2) is 46.9 Å². The van der Waals surface area contributed by atoms with Gasteiger partial charge in [-0.15, -0.1) is 11.3 Å². The van der Waals surface area contributed by atoms with Crippen molar-refractivity contribution in [3.8, 4) is 5.75 Å². The quantitative estimate of drug-likeness (QED) is 0.250. The van der Waals surface area contributed by atoms with Gasteiger partial charge in [0.15, 0.2) is 0 Å². The predicted molar refractivity (Wildman–Crippen MR) is 151 cm³/mol. The molecule has 0 spiro atoms. The Hall–Kier alpha value is -3.22. The van der Waals surface area contributed by atoms with E-state index >= 15 is 0 Å². The Labute approximate surface area is 223 Å². The number of nitrogens with zero attached hydrogens (tertiary/aromatic N) is 3. The zero-order valence-electron chi connectivity index (χ0n) is 21.7. The minimum absolute atomic E-state index is 0.175. The van der Waals surface area contributed by atoms with E-state index in [1.54, 1.807) is 11.3 Å². The second-order valence-corrected chi connectivity index (χ2v) is 11.3. The summed E-state index contributed by atoms with van der Waals surface area (Å²) in [4.78, 5) is 24.1. The van der Waals surface area contributed by atoms with E-state index in [1.807, 2.05) is 30.5 Å².